The molecule has 0 bridgehead atoms. The molecule has 0 aliphatic carbocycles. The van der Waals surface area contributed by atoms with Crippen molar-refractivity contribution in [3.8, 4) is 12.3 Å². The van der Waals surface area contributed by atoms with Crippen LogP contribution in [-0.4, -0.2) is 59.4 Å². The fourth-order valence-electron chi connectivity index (χ4n) is 3.16. The molecular formula is C23H33N5O7. The van der Waals surface area contributed by atoms with E-state index in [-0.39, 0.29) is 38.7 Å². The molecule has 0 unspecified atom stereocenters. The highest BCUT2D eigenvalue weighted by Gasteiger charge is 2.28. The summed E-state index contributed by atoms with van der Waals surface area (Å²) in [5.41, 5.74) is 6.67. The van der Waals surface area contributed by atoms with Crippen LogP contribution in [0.25, 0.3) is 0 Å². The van der Waals surface area contributed by atoms with Crippen molar-refractivity contribution in [1.29, 1.82) is 0 Å². The Morgan fingerprint density at radius 1 is 1.14 bits per heavy atom. The predicted molar refractivity (Wildman–Crippen MR) is 128 cm³/mol. The Morgan fingerprint density at radius 2 is 1.86 bits per heavy atom. The van der Waals surface area contributed by atoms with Gasteiger partial charge in [-0.25, -0.2) is 9.59 Å². The van der Waals surface area contributed by atoms with Gasteiger partial charge in [0.1, 0.15) is 18.7 Å². The van der Waals surface area contributed by atoms with Crippen LogP contribution in [0, 0.1) is 18.3 Å². The van der Waals surface area contributed by atoms with Crippen LogP contribution in [-0.2, 0) is 27.5 Å². The number of anilines is 1. The fraction of sp³-hybridized carbons (Fsp3) is 0.478. The summed E-state index contributed by atoms with van der Waals surface area (Å²) in [5, 5.41) is 28.4. The molecule has 1 aromatic carbocycles. The van der Waals surface area contributed by atoms with E-state index < -0.39 is 36.0 Å². The lowest BCUT2D eigenvalue weighted by molar-refractivity contribution is -0.128. The van der Waals surface area contributed by atoms with E-state index in [4.69, 9.17) is 22.0 Å². The number of carbonyl (C=O) groups excluding carboxylic acids is 3. The molecule has 0 aliphatic rings. The number of benzene rings is 1. The maximum absolute atomic E-state index is 13.0. The number of terminal acetylenes is 1. The highest BCUT2D eigenvalue weighted by Crippen LogP contribution is 2.18. The molecule has 12 heteroatoms. The van der Waals surface area contributed by atoms with Gasteiger partial charge in [-0.05, 0) is 42.0 Å². The summed E-state index contributed by atoms with van der Waals surface area (Å²) in [4.78, 5) is 47.8. The van der Waals surface area contributed by atoms with Gasteiger partial charge in [-0.1, -0.05) is 25.8 Å². The van der Waals surface area contributed by atoms with Gasteiger partial charge in [-0.15, -0.1) is 6.42 Å². The maximum atomic E-state index is 13.0. The van der Waals surface area contributed by atoms with E-state index in [0.717, 1.165) is 0 Å². The van der Waals surface area contributed by atoms with E-state index in [1.165, 1.54) is 0 Å². The van der Waals surface area contributed by atoms with Crippen LogP contribution in [0.2, 0.25) is 0 Å². The summed E-state index contributed by atoms with van der Waals surface area (Å²) in [6.45, 7) is 3.48. The van der Waals surface area contributed by atoms with Gasteiger partial charge >= 0.3 is 12.1 Å². The van der Waals surface area contributed by atoms with Crippen LogP contribution >= 0.6 is 0 Å². The zero-order chi connectivity index (χ0) is 26.4. The monoisotopic (exact) mass is 491 g/mol. The number of nitrogens with two attached hydrogens (primary N) is 1. The number of carbonyl (C=O) groups is 4. The Bertz CT molecular complexity index is 929. The molecule has 12 nitrogen and oxygen atoms in total. The van der Waals surface area contributed by atoms with Crippen LogP contribution in [0.1, 0.15) is 37.8 Å². The third kappa shape index (κ3) is 10.8. The van der Waals surface area contributed by atoms with Crippen molar-refractivity contribution in [2.24, 2.45) is 11.7 Å². The molecule has 0 radical (unpaired) electrons. The normalized spacial score (nSPS) is 12.2. The minimum Gasteiger partial charge on any atom is -0.465 e. The largest absolute Gasteiger partial charge is 0.465 e. The SMILES string of the molecule is C#CCOCc1cc(NC(=O)[C@H](CCCNC(N)=O)NC(=O)[C@@H](NC(=O)O)C(C)C)ccc1CO. The number of ether oxygens (including phenoxy) is 1. The molecule has 8 N–H and O–H groups in total. The lowest BCUT2D eigenvalue weighted by Gasteiger charge is -2.24. The first-order chi connectivity index (χ1) is 16.6. The molecule has 0 saturated carbocycles. The van der Waals surface area contributed by atoms with Crippen LogP contribution in [0.15, 0.2) is 18.2 Å². The van der Waals surface area contributed by atoms with Crippen LogP contribution in [0.3, 0.4) is 0 Å². The molecule has 0 aliphatic heterocycles. The van der Waals surface area contributed by atoms with Gasteiger partial charge in [0.2, 0.25) is 11.8 Å². The number of urea groups is 1. The van der Waals surface area contributed by atoms with Crippen molar-refractivity contribution in [3.63, 3.8) is 0 Å². The van der Waals surface area contributed by atoms with Gasteiger partial charge in [0.15, 0.2) is 0 Å². The highest BCUT2D eigenvalue weighted by atomic mass is 16.5. The second kappa shape index (κ2) is 15.2. The Morgan fingerprint density at radius 3 is 2.43 bits per heavy atom. The van der Waals surface area contributed by atoms with Gasteiger partial charge < -0.3 is 42.0 Å². The molecular weight excluding hydrogens is 458 g/mol. The first-order valence-electron chi connectivity index (χ1n) is 11.0. The van der Waals surface area contributed by atoms with Crippen LogP contribution in [0.4, 0.5) is 15.3 Å². The average molecular weight is 492 g/mol. The second-order valence-electron chi connectivity index (χ2n) is 7.99. The van der Waals surface area contributed by atoms with Crippen molar-refractivity contribution in [1.82, 2.24) is 16.0 Å². The third-order valence-electron chi connectivity index (χ3n) is 4.92. The predicted octanol–water partition coefficient (Wildman–Crippen LogP) is 0.493. The molecule has 1 rings (SSSR count). The standard InChI is InChI=1S/C23H33N5O7/c1-4-10-35-13-16-11-17(8-7-15(16)12-29)26-20(30)18(6-5-9-25-22(24)32)27-21(31)19(14(2)3)28-23(33)34/h1,7-8,11,14,18-19,28-29H,5-6,9-10,12-13H2,2-3H3,(H,26,30)(H,27,31)(H,33,34)(H3,24,25,32)/t18-,19-/m0/s1. The first kappa shape index (κ1) is 29.2. The Balaban J connectivity index is 3.02. The minimum absolute atomic E-state index is 0.0797. The lowest BCUT2D eigenvalue weighted by atomic mass is 10.0. The van der Waals surface area contributed by atoms with Crippen molar-refractivity contribution in [2.75, 3.05) is 18.5 Å². The van der Waals surface area contributed by atoms with E-state index in [9.17, 15) is 24.3 Å². The van der Waals surface area contributed by atoms with Crippen LogP contribution < -0.4 is 27.0 Å². The molecule has 35 heavy (non-hydrogen) atoms. The number of carboxylic acid groups (broad SMARTS) is 1. The van der Waals surface area contributed by atoms with E-state index in [1.807, 2.05) is 0 Å². The summed E-state index contributed by atoms with van der Waals surface area (Å²) in [6.07, 6.45) is 4.27. The van der Waals surface area contributed by atoms with E-state index in [1.54, 1.807) is 32.0 Å². The average Bonchev–Trinajstić information content (AvgIpc) is 2.79. The summed E-state index contributed by atoms with van der Waals surface area (Å²) in [5.74, 6) is 0.757. The number of hydrogen-bond donors (Lipinski definition) is 7. The number of nitrogens with one attached hydrogen (secondary N) is 4. The van der Waals surface area contributed by atoms with Crippen molar-refractivity contribution in [2.45, 2.75) is 52.0 Å². The molecule has 2 atom stereocenters. The van der Waals surface area contributed by atoms with Gasteiger partial charge in [0.25, 0.3) is 0 Å². The smallest absolute Gasteiger partial charge is 0.405 e. The molecule has 0 aromatic heterocycles. The van der Waals surface area contributed by atoms with E-state index in [0.29, 0.717) is 23.2 Å². The summed E-state index contributed by atoms with van der Waals surface area (Å²) < 4.78 is 5.32. The first-order valence-corrected chi connectivity index (χ1v) is 11.0. The second-order valence-corrected chi connectivity index (χ2v) is 7.99. The topological polar surface area (TPSA) is 192 Å². The number of aliphatic hydroxyl groups excluding tert-OH is 1. The molecule has 192 valence electrons. The quantitative estimate of drug-likeness (QED) is 0.145. The zero-order valence-electron chi connectivity index (χ0n) is 19.8. The highest BCUT2D eigenvalue weighted by molar-refractivity contribution is 5.98. The summed E-state index contributed by atoms with van der Waals surface area (Å²) in [7, 11) is 0. The number of rotatable bonds is 14. The Kier molecular flexibility index (Phi) is 12.6. The molecule has 0 spiro atoms. The molecule has 0 saturated heterocycles. The molecule has 5 amide bonds. The molecule has 0 heterocycles. The maximum Gasteiger partial charge on any atom is 0.405 e. The third-order valence-corrected chi connectivity index (χ3v) is 4.92. The van der Waals surface area contributed by atoms with Crippen molar-refractivity contribution >= 4 is 29.6 Å². The van der Waals surface area contributed by atoms with E-state index in [2.05, 4.69) is 27.2 Å². The molecule has 0 fully saturated rings. The van der Waals surface area contributed by atoms with E-state index >= 15 is 0 Å². The summed E-state index contributed by atoms with van der Waals surface area (Å²) in [6, 6.07) is 2.01. The minimum atomic E-state index is -1.37. The van der Waals surface area contributed by atoms with Crippen LogP contribution in [0.5, 0.6) is 0 Å². The number of primary amides is 1. The van der Waals surface area contributed by atoms with Crippen molar-refractivity contribution < 1.29 is 34.1 Å². The van der Waals surface area contributed by atoms with Gasteiger partial charge in [-0.2, -0.15) is 0 Å². The van der Waals surface area contributed by atoms with Gasteiger partial charge in [-0.3, -0.25) is 9.59 Å². The Hall–Kier alpha value is -3.82. The Labute approximate surface area is 204 Å². The lowest BCUT2D eigenvalue weighted by Crippen LogP contribution is -2.54. The number of amides is 5. The number of hydrogen-bond acceptors (Lipinski definition) is 6. The number of aliphatic hydroxyl groups is 1. The zero-order valence-corrected chi connectivity index (χ0v) is 19.8. The van der Waals surface area contributed by atoms with Gasteiger partial charge in [0.05, 0.1) is 13.2 Å². The summed E-state index contributed by atoms with van der Waals surface area (Å²) >= 11 is 0. The van der Waals surface area contributed by atoms with Crippen molar-refractivity contribution in [3.05, 3.63) is 29.3 Å². The molecule has 1 aromatic rings. The van der Waals surface area contributed by atoms with Gasteiger partial charge in [0, 0.05) is 12.2 Å². The fourth-order valence-corrected chi connectivity index (χ4v) is 3.16.